The SMILES string of the molecule is Nc1ncc2c(n1)-c1ccccc1N(CCCC(=O)O)C(=O)C2. The number of hydrogen-bond acceptors (Lipinski definition) is 5. The molecule has 7 nitrogen and oxygen atoms in total. The molecule has 118 valence electrons. The number of carbonyl (C=O) groups is 2. The minimum Gasteiger partial charge on any atom is -0.481 e. The Hall–Kier alpha value is -2.96. The summed E-state index contributed by atoms with van der Waals surface area (Å²) >= 11 is 0. The average molecular weight is 312 g/mol. The molecule has 0 radical (unpaired) electrons. The van der Waals surface area contributed by atoms with Gasteiger partial charge in [0.15, 0.2) is 0 Å². The van der Waals surface area contributed by atoms with E-state index in [-0.39, 0.29) is 24.7 Å². The lowest BCUT2D eigenvalue weighted by Gasteiger charge is -2.22. The van der Waals surface area contributed by atoms with Crippen LogP contribution in [0, 0.1) is 0 Å². The Bertz CT molecular complexity index is 776. The molecular weight excluding hydrogens is 296 g/mol. The number of amides is 1. The molecule has 0 bridgehead atoms. The van der Waals surface area contributed by atoms with Gasteiger partial charge < -0.3 is 15.7 Å². The van der Waals surface area contributed by atoms with E-state index in [1.54, 1.807) is 11.1 Å². The lowest BCUT2D eigenvalue weighted by molar-refractivity contribution is -0.137. The molecule has 1 aliphatic heterocycles. The number of benzene rings is 1. The normalized spacial score (nSPS) is 13.2. The van der Waals surface area contributed by atoms with Gasteiger partial charge in [0.1, 0.15) is 0 Å². The molecule has 7 heteroatoms. The Morgan fingerprint density at radius 2 is 2.13 bits per heavy atom. The Kier molecular flexibility index (Phi) is 3.92. The van der Waals surface area contributed by atoms with Crippen LogP contribution in [0.5, 0.6) is 0 Å². The molecule has 1 aromatic heterocycles. The second-order valence-corrected chi connectivity index (χ2v) is 5.34. The number of anilines is 2. The van der Waals surface area contributed by atoms with Crippen LogP contribution in [0.3, 0.4) is 0 Å². The number of nitrogens with zero attached hydrogens (tertiary/aromatic N) is 3. The second kappa shape index (κ2) is 6.04. The quantitative estimate of drug-likeness (QED) is 0.885. The number of para-hydroxylation sites is 1. The van der Waals surface area contributed by atoms with Crippen molar-refractivity contribution in [3.05, 3.63) is 36.0 Å². The molecule has 0 fully saturated rings. The van der Waals surface area contributed by atoms with Gasteiger partial charge in [0.05, 0.1) is 17.8 Å². The summed E-state index contributed by atoms with van der Waals surface area (Å²) in [5.74, 6) is -0.817. The van der Waals surface area contributed by atoms with E-state index in [2.05, 4.69) is 9.97 Å². The summed E-state index contributed by atoms with van der Waals surface area (Å²) in [6.07, 6.45) is 2.15. The van der Waals surface area contributed by atoms with E-state index >= 15 is 0 Å². The number of carboxylic acids is 1. The highest BCUT2D eigenvalue weighted by molar-refractivity contribution is 6.01. The second-order valence-electron chi connectivity index (χ2n) is 5.34. The van der Waals surface area contributed by atoms with Gasteiger partial charge in [-0.25, -0.2) is 9.97 Å². The predicted molar refractivity (Wildman–Crippen MR) is 84.8 cm³/mol. The van der Waals surface area contributed by atoms with Gasteiger partial charge in [-0.05, 0) is 12.5 Å². The van der Waals surface area contributed by atoms with Crippen molar-refractivity contribution in [3.8, 4) is 11.3 Å². The van der Waals surface area contributed by atoms with Crippen molar-refractivity contribution in [2.24, 2.45) is 0 Å². The number of nitrogens with two attached hydrogens (primary N) is 1. The standard InChI is InChI=1S/C16H16N4O3/c17-16-18-9-10-8-13(21)20(7-3-6-14(22)23)12-5-2-1-4-11(12)15(10)19-16/h1-2,4-5,9H,3,6-8H2,(H,22,23)(H2,17,18,19). The monoisotopic (exact) mass is 312 g/mol. The summed E-state index contributed by atoms with van der Waals surface area (Å²) < 4.78 is 0. The molecule has 1 aliphatic rings. The molecule has 0 unspecified atom stereocenters. The van der Waals surface area contributed by atoms with Crippen molar-refractivity contribution >= 4 is 23.5 Å². The van der Waals surface area contributed by atoms with Gasteiger partial charge in [0.25, 0.3) is 0 Å². The van der Waals surface area contributed by atoms with E-state index < -0.39 is 5.97 Å². The van der Waals surface area contributed by atoms with Gasteiger partial charge in [-0.1, -0.05) is 18.2 Å². The maximum atomic E-state index is 12.6. The van der Waals surface area contributed by atoms with Crippen molar-refractivity contribution < 1.29 is 14.7 Å². The van der Waals surface area contributed by atoms with Crippen molar-refractivity contribution in [1.29, 1.82) is 0 Å². The molecule has 1 amide bonds. The summed E-state index contributed by atoms with van der Waals surface area (Å²) in [4.78, 5) is 33.2. The number of aliphatic carboxylic acids is 1. The molecule has 3 rings (SSSR count). The van der Waals surface area contributed by atoms with Gasteiger partial charge in [-0.15, -0.1) is 0 Å². The first-order valence-corrected chi connectivity index (χ1v) is 7.29. The minimum atomic E-state index is -0.873. The van der Waals surface area contributed by atoms with Crippen LogP contribution in [0.25, 0.3) is 11.3 Å². The van der Waals surface area contributed by atoms with Crippen LogP contribution in [-0.4, -0.2) is 33.5 Å². The lowest BCUT2D eigenvalue weighted by Crippen LogP contribution is -2.32. The van der Waals surface area contributed by atoms with Crippen LogP contribution >= 0.6 is 0 Å². The maximum absolute atomic E-state index is 12.6. The molecule has 0 aliphatic carbocycles. The third-order valence-corrected chi connectivity index (χ3v) is 3.75. The molecule has 0 atom stereocenters. The van der Waals surface area contributed by atoms with Gasteiger partial charge in [0, 0.05) is 30.3 Å². The fourth-order valence-corrected chi connectivity index (χ4v) is 2.72. The largest absolute Gasteiger partial charge is 0.481 e. The minimum absolute atomic E-state index is 0.0195. The number of fused-ring (bicyclic) bond motifs is 3. The number of hydrogen-bond donors (Lipinski definition) is 2. The van der Waals surface area contributed by atoms with Crippen LogP contribution < -0.4 is 10.6 Å². The van der Waals surface area contributed by atoms with Gasteiger partial charge in [0.2, 0.25) is 11.9 Å². The first-order valence-electron chi connectivity index (χ1n) is 7.29. The summed E-state index contributed by atoms with van der Waals surface area (Å²) in [6.45, 7) is 0.346. The lowest BCUT2D eigenvalue weighted by atomic mass is 10.1. The van der Waals surface area contributed by atoms with Crippen molar-refractivity contribution in [3.63, 3.8) is 0 Å². The number of carbonyl (C=O) groups excluding carboxylic acids is 1. The van der Waals surface area contributed by atoms with E-state index in [4.69, 9.17) is 10.8 Å². The summed E-state index contributed by atoms with van der Waals surface area (Å²) in [5.41, 5.74) is 8.59. The predicted octanol–water partition coefficient (Wildman–Crippen LogP) is 1.48. The first kappa shape index (κ1) is 15.0. The Morgan fingerprint density at radius 1 is 1.35 bits per heavy atom. The fraction of sp³-hybridized carbons (Fsp3) is 0.250. The zero-order chi connectivity index (χ0) is 16.4. The Morgan fingerprint density at radius 3 is 2.91 bits per heavy atom. The first-order chi connectivity index (χ1) is 11.1. The highest BCUT2D eigenvalue weighted by Gasteiger charge is 2.26. The number of aromatic nitrogens is 2. The molecular formula is C16H16N4O3. The zero-order valence-electron chi connectivity index (χ0n) is 12.4. The molecule has 3 N–H and O–H groups in total. The highest BCUT2D eigenvalue weighted by atomic mass is 16.4. The topological polar surface area (TPSA) is 109 Å². The van der Waals surface area contributed by atoms with Crippen LogP contribution in [-0.2, 0) is 16.0 Å². The Labute approximate surface area is 132 Å². The highest BCUT2D eigenvalue weighted by Crippen LogP contribution is 2.35. The van der Waals surface area contributed by atoms with E-state index in [1.807, 2.05) is 24.3 Å². The Balaban J connectivity index is 2.03. The summed E-state index contributed by atoms with van der Waals surface area (Å²) in [6, 6.07) is 7.42. The van der Waals surface area contributed by atoms with Crippen molar-refractivity contribution in [2.45, 2.75) is 19.3 Å². The zero-order valence-corrected chi connectivity index (χ0v) is 12.4. The molecule has 2 aromatic rings. The molecule has 1 aromatic carbocycles. The fourth-order valence-electron chi connectivity index (χ4n) is 2.72. The molecule has 2 heterocycles. The average Bonchev–Trinajstić information content (AvgIpc) is 2.63. The van der Waals surface area contributed by atoms with E-state index in [0.29, 0.717) is 18.7 Å². The summed E-state index contributed by atoms with van der Waals surface area (Å²) in [7, 11) is 0. The van der Waals surface area contributed by atoms with Crippen LogP contribution in [0.4, 0.5) is 11.6 Å². The van der Waals surface area contributed by atoms with Gasteiger partial charge in [-0.3, -0.25) is 9.59 Å². The molecule has 0 saturated carbocycles. The number of rotatable bonds is 4. The van der Waals surface area contributed by atoms with Crippen molar-refractivity contribution in [1.82, 2.24) is 9.97 Å². The smallest absolute Gasteiger partial charge is 0.303 e. The van der Waals surface area contributed by atoms with Gasteiger partial charge in [-0.2, -0.15) is 0 Å². The molecule has 23 heavy (non-hydrogen) atoms. The van der Waals surface area contributed by atoms with Crippen LogP contribution in [0.15, 0.2) is 30.5 Å². The van der Waals surface area contributed by atoms with Gasteiger partial charge >= 0.3 is 5.97 Å². The van der Waals surface area contributed by atoms with Crippen LogP contribution in [0.1, 0.15) is 18.4 Å². The number of carboxylic acid groups (broad SMARTS) is 1. The van der Waals surface area contributed by atoms with Crippen LogP contribution in [0.2, 0.25) is 0 Å². The third kappa shape index (κ3) is 2.98. The molecule has 0 saturated heterocycles. The van der Waals surface area contributed by atoms with E-state index in [1.165, 1.54) is 0 Å². The van der Waals surface area contributed by atoms with Crippen molar-refractivity contribution in [2.75, 3.05) is 17.2 Å². The third-order valence-electron chi connectivity index (χ3n) is 3.75. The molecule has 0 spiro atoms. The maximum Gasteiger partial charge on any atom is 0.303 e. The summed E-state index contributed by atoms with van der Waals surface area (Å²) in [5, 5.41) is 8.80. The van der Waals surface area contributed by atoms with E-state index in [9.17, 15) is 9.59 Å². The number of nitrogen functional groups attached to an aromatic ring is 1. The van der Waals surface area contributed by atoms with E-state index in [0.717, 1.165) is 16.8 Å².